The van der Waals surface area contributed by atoms with Crippen LogP contribution in [0.15, 0.2) is 24.3 Å². The summed E-state index contributed by atoms with van der Waals surface area (Å²) in [5.41, 5.74) is 0.650. The number of methoxy groups -OCH3 is 1. The summed E-state index contributed by atoms with van der Waals surface area (Å²) in [7, 11) is 1.61. The fraction of sp³-hybridized carbons (Fsp3) is 0.724. The van der Waals surface area contributed by atoms with Crippen molar-refractivity contribution in [1.29, 1.82) is 0 Å². The molecule has 3 saturated carbocycles. The molecule has 6 heteroatoms. The van der Waals surface area contributed by atoms with Gasteiger partial charge in [0.15, 0.2) is 0 Å². The third kappa shape index (κ3) is 5.52. The van der Waals surface area contributed by atoms with Crippen LogP contribution in [0.2, 0.25) is 0 Å². The number of amides is 2. The molecule has 194 valence electrons. The van der Waals surface area contributed by atoms with Crippen LogP contribution in [-0.4, -0.2) is 42.2 Å². The van der Waals surface area contributed by atoms with E-state index in [2.05, 4.69) is 24.5 Å². The van der Waals surface area contributed by atoms with Crippen molar-refractivity contribution >= 4 is 11.8 Å². The summed E-state index contributed by atoms with van der Waals surface area (Å²) in [6, 6.07) is 7.45. The maximum absolute atomic E-state index is 13.1. The predicted octanol–water partition coefficient (Wildman–Crippen LogP) is 4.70. The van der Waals surface area contributed by atoms with E-state index < -0.39 is 6.10 Å². The van der Waals surface area contributed by atoms with Crippen molar-refractivity contribution in [1.82, 2.24) is 10.6 Å². The van der Waals surface area contributed by atoms with Crippen LogP contribution in [0.1, 0.15) is 88.9 Å². The third-order valence-corrected chi connectivity index (χ3v) is 9.56. The Morgan fingerprint density at radius 3 is 2.34 bits per heavy atom. The van der Waals surface area contributed by atoms with Crippen LogP contribution in [-0.2, 0) is 4.79 Å². The van der Waals surface area contributed by atoms with Gasteiger partial charge in [-0.2, -0.15) is 0 Å². The van der Waals surface area contributed by atoms with Gasteiger partial charge < -0.3 is 20.5 Å². The van der Waals surface area contributed by atoms with E-state index in [0.717, 1.165) is 44.3 Å². The molecule has 7 atom stereocenters. The van der Waals surface area contributed by atoms with Gasteiger partial charge >= 0.3 is 0 Å². The SMILES string of the molecule is COc1ccc(C(=O)N[C@H]2CC[C@@]3(C)CC[C@@H]([C@H](C)C(=O)NC4CCCCC4)[C@H](O)[C@H]3[C@H]2C)cc1. The van der Waals surface area contributed by atoms with Crippen LogP contribution >= 0.6 is 0 Å². The summed E-state index contributed by atoms with van der Waals surface area (Å²) in [5, 5.41) is 18.2. The quantitative estimate of drug-likeness (QED) is 0.546. The molecule has 35 heavy (non-hydrogen) atoms. The van der Waals surface area contributed by atoms with Gasteiger partial charge in [0.25, 0.3) is 5.91 Å². The van der Waals surface area contributed by atoms with Gasteiger partial charge in [0, 0.05) is 23.6 Å². The van der Waals surface area contributed by atoms with Crippen molar-refractivity contribution in [2.75, 3.05) is 7.11 Å². The average molecular weight is 485 g/mol. The summed E-state index contributed by atoms with van der Waals surface area (Å²) in [6.45, 7) is 6.45. The summed E-state index contributed by atoms with van der Waals surface area (Å²) in [6.07, 6.45) is 9.01. The molecule has 4 rings (SSSR count). The summed E-state index contributed by atoms with van der Waals surface area (Å²) in [4.78, 5) is 26.1. The molecular weight excluding hydrogens is 440 g/mol. The molecule has 0 aromatic heterocycles. The minimum absolute atomic E-state index is 0.00227. The van der Waals surface area contributed by atoms with Crippen molar-refractivity contribution in [3.63, 3.8) is 0 Å². The molecule has 0 saturated heterocycles. The summed E-state index contributed by atoms with van der Waals surface area (Å²) >= 11 is 0. The number of carbonyl (C=O) groups is 2. The van der Waals surface area contributed by atoms with E-state index in [4.69, 9.17) is 4.74 Å². The number of rotatable bonds is 6. The van der Waals surface area contributed by atoms with Crippen molar-refractivity contribution < 1.29 is 19.4 Å². The van der Waals surface area contributed by atoms with E-state index in [1.807, 2.05) is 6.92 Å². The lowest BCUT2D eigenvalue weighted by Gasteiger charge is -2.56. The van der Waals surface area contributed by atoms with Gasteiger partial charge in [-0.1, -0.05) is 40.0 Å². The number of nitrogens with one attached hydrogen (secondary N) is 2. The van der Waals surface area contributed by atoms with Crippen LogP contribution < -0.4 is 15.4 Å². The standard InChI is InChI=1S/C29H44N2O4/c1-18(27(33)30-21-8-6-5-7-9-21)23-14-16-29(3)17-15-24(19(2)25(29)26(23)32)31-28(34)20-10-12-22(35-4)13-11-20/h10-13,18-19,21,23-26,32H,5-9,14-17H2,1-4H3,(H,30,33)(H,31,34)/t18-,19-,23-,24-,25+,26-,29+/m0/s1. The number of aliphatic hydroxyl groups is 1. The molecule has 0 radical (unpaired) electrons. The Hall–Kier alpha value is -2.08. The number of carbonyl (C=O) groups excluding carboxylic acids is 2. The van der Waals surface area contributed by atoms with Gasteiger partial charge in [0.2, 0.25) is 5.91 Å². The number of ether oxygens (including phenoxy) is 1. The zero-order chi connectivity index (χ0) is 25.2. The Kier molecular flexibility index (Phi) is 8.09. The monoisotopic (exact) mass is 484 g/mol. The summed E-state index contributed by atoms with van der Waals surface area (Å²) < 4.78 is 5.20. The highest BCUT2D eigenvalue weighted by atomic mass is 16.5. The van der Waals surface area contributed by atoms with Crippen LogP contribution in [0.25, 0.3) is 0 Å². The molecule has 3 aliphatic rings. The molecule has 3 N–H and O–H groups in total. The Balaban J connectivity index is 1.42. The van der Waals surface area contributed by atoms with Crippen molar-refractivity contribution in [3.8, 4) is 5.75 Å². The maximum atomic E-state index is 13.1. The zero-order valence-electron chi connectivity index (χ0n) is 21.9. The zero-order valence-corrected chi connectivity index (χ0v) is 21.9. The van der Waals surface area contributed by atoms with Crippen molar-refractivity contribution in [2.24, 2.45) is 29.1 Å². The first-order chi connectivity index (χ1) is 16.7. The Morgan fingerprint density at radius 2 is 1.69 bits per heavy atom. The van der Waals surface area contributed by atoms with Gasteiger partial charge in [-0.15, -0.1) is 0 Å². The van der Waals surface area contributed by atoms with Crippen LogP contribution in [0.3, 0.4) is 0 Å². The van der Waals surface area contributed by atoms with Gasteiger partial charge in [-0.3, -0.25) is 9.59 Å². The second-order valence-electron chi connectivity index (χ2n) is 11.7. The first kappa shape index (κ1) is 26.0. The number of aliphatic hydroxyl groups excluding tert-OH is 1. The molecule has 0 spiro atoms. The average Bonchev–Trinajstić information content (AvgIpc) is 2.86. The number of benzene rings is 1. The highest BCUT2D eigenvalue weighted by Gasteiger charge is 2.54. The summed E-state index contributed by atoms with van der Waals surface area (Å²) in [5.74, 6) is 0.658. The van der Waals surface area contributed by atoms with E-state index in [0.29, 0.717) is 5.56 Å². The first-order valence-corrected chi connectivity index (χ1v) is 13.7. The fourth-order valence-electron chi connectivity index (χ4n) is 7.27. The minimum Gasteiger partial charge on any atom is -0.497 e. The molecule has 0 aliphatic heterocycles. The molecule has 0 heterocycles. The Labute approximate surface area is 210 Å². The molecular formula is C29H44N2O4. The van der Waals surface area contributed by atoms with Gasteiger partial charge in [-0.05, 0) is 86.0 Å². The van der Waals surface area contributed by atoms with Crippen LogP contribution in [0.5, 0.6) is 5.75 Å². The Bertz CT molecular complexity index is 881. The van der Waals surface area contributed by atoms with Gasteiger partial charge in [0.1, 0.15) is 5.75 Å². The van der Waals surface area contributed by atoms with Gasteiger partial charge in [-0.25, -0.2) is 0 Å². The number of fused-ring (bicyclic) bond motifs is 1. The largest absolute Gasteiger partial charge is 0.497 e. The lowest BCUT2D eigenvalue weighted by atomic mass is 9.51. The molecule has 0 bridgehead atoms. The molecule has 2 amide bonds. The predicted molar refractivity (Wildman–Crippen MR) is 137 cm³/mol. The third-order valence-electron chi connectivity index (χ3n) is 9.56. The smallest absolute Gasteiger partial charge is 0.251 e. The van der Waals surface area contributed by atoms with E-state index in [-0.39, 0.29) is 53.0 Å². The lowest BCUT2D eigenvalue weighted by molar-refractivity contribution is -0.142. The molecule has 1 aromatic carbocycles. The normalized spacial score (nSPS) is 34.4. The first-order valence-electron chi connectivity index (χ1n) is 13.7. The second-order valence-corrected chi connectivity index (χ2v) is 11.7. The van der Waals surface area contributed by atoms with Crippen LogP contribution in [0, 0.1) is 29.1 Å². The number of hydrogen-bond donors (Lipinski definition) is 3. The highest BCUT2D eigenvalue weighted by molar-refractivity contribution is 5.94. The molecule has 6 nitrogen and oxygen atoms in total. The van der Waals surface area contributed by atoms with Crippen molar-refractivity contribution in [3.05, 3.63) is 29.8 Å². The molecule has 1 aromatic rings. The molecule has 3 fully saturated rings. The van der Waals surface area contributed by atoms with Crippen molar-refractivity contribution in [2.45, 2.75) is 96.7 Å². The van der Waals surface area contributed by atoms with Crippen LogP contribution in [0.4, 0.5) is 0 Å². The van der Waals surface area contributed by atoms with E-state index >= 15 is 0 Å². The fourth-order valence-corrected chi connectivity index (χ4v) is 7.27. The minimum atomic E-state index is -0.545. The van der Waals surface area contributed by atoms with E-state index in [1.54, 1.807) is 31.4 Å². The molecule has 3 aliphatic carbocycles. The van der Waals surface area contributed by atoms with E-state index in [1.165, 1.54) is 19.3 Å². The Morgan fingerprint density at radius 1 is 1.03 bits per heavy atom. The van der Waals surface area contributed by atoms with Gasteiger partial charge in [0.05, 0.1) is 13.2 Å². The number of hydrogen-bond acceptors (Lipinski definition) is 4. The van der Waals surface area contributed by atoms with E-state index in [9.17, 15) is 14.7 Å². The lowest BCUT2D eigenvalue weighted by Crippen LogP contribution is -2.58. The topological polar surface area (TPSA) is 87.7 Å². The highest BCUT2D eigenvalue weighted by Crippen LogP contribution is 2.55. The molecule has 0 unspecified atom stereocenters. The second kappa shape index (κ2) is 10.9. The maximum Gasteiger partial charge on any atom is 0.251 e.